The second-order valence-electron chi connectivity index (χ2n) is 8.43. The molecule has 1 amide bonds. The van der Waals surface area contributed by atoms with Crippen LogP contribution in [0.1, 0.15) is 38.2 Å². The lowest BCUT2D eigenvalue weighted by Gasteiger charge is -2.43. The van der Waals surface area contributed by atoms with Crippen LogP contribution in [0.25, 0.3) is 0 Å². The topological polar surface area (TPSA) is 152 Å². The minimum Gasteiger partial charge on any atom is -0.497 e. The smallest absolute Gasteiger partial charge is 0.265 e. The second kappa shape index (κ2) is 7.55. The number of benzene rings is 1. The Balaban J connectivity index is 2.02. The van der Waals surface area contributed by atoms with Crippen LogP contribution >= 0.6 is 0 Å². The Morgan fingerprint density at radius 2 is 2.13 bits per heavy atom. The maximum atomic E-state index is 13.5. The number of nitrogens with one attached hydrogen (secondary N) is 2. The molecular weight excluding hydrogens is 398 g/mol. The van der Waals surface area contributed by atoms with Gasteiger partial charge >= 0.3 is 0 Å². The standard InChI is InChI=1S/C21H25N7O3/c1-21(2)8-13-16(14(29)9-21)15(11-5-4-6-12(7-11)31-3)17(19(30)26-23)18(22)28(13)20-24-10-25-27-20/h4-7,10,15H,8-9,22-23H2,1-3H3,(H,26,30)(H,24,25,27). The molecule has 1 atom stereocenters. The summed E-state index contributed by atoms with van der Waals surface area (Å²) in [7, 11) is 1.56. The van der Waals surface area contributed by atoms with E-state index in [-0.39, 0.29) is 22.6 Å². The monoisotopic (exact) mass is 423 g/mol. The number of ether oxygens (including phenoxy) is 1. The summed E-state index contributed by atoms with van der Waals surface area (Å²) < 4.78 is 5.36. The number of aromatic nitrogens is 3. The fraction of sp³-hybridized carbons (Fsp3) is 0.333. The Morgan fingerprint density at radius 3 is 2.77 bits per heavy atom. The summed E-state index contributed by atoms with van der Waals surface area (Å²) in [4.78, 5) is 32.2. The van der Waals surface area contributed by atoms with Crippen molar-refractivity contribution in [2.24, 2.45) is 17.0 Å². The quantitative estimate of drug-likeness (QED) is 0.325. The number of Topliss-reactive ketones (excluding diaryl/α,β-unsaturated/α-hetero) is 1. The van der Waals surface area contributed by atoms with Gasteiger partial charge < -0.3 is 10.5 Å². The van der Waals surface area contributed by atoms with Gasteiger partial charge in [0.1, 0.15) is 17.9 Å². The summed E-state index contributed by atoms with van der Waals surface area (Å²) in [5.41, 5.74) is 10.5. The molecule has 10 heteroatoms. The Hall–Kier alpha value is -3.66. The van der Waals surface area contributed by atoms with E-state index in [1.54, 1.807) is 24.1 Å². The normalized spacial score (nSPS) is 20.6. The number of hydrazine groups is 1. The number of anilines is 1. The van der Waals surface area contributed by atoms with E-state index in [0.717, 1.165) is 0 Å². The molecule has 1 aliphatic heterocycles. The molecule has 1 aliphatic carbocycles. The van der Waals surface area contributed by atoms with Crippen LogP contribution in [0.15, 0.2) is 53.3 Å². The molecule has 1 aromatic carbocycles. The van der Waals surface area contributed by atoms with E-state index in [9.17, 15) is 9.59 Å². The number of aromatic amines is 1. The molecule has 10 nitrogen and oxygen atoms in total. The maximum Gasteiger partial charge on any atom is 0.265 e. The molecule has 4 rings (SSSR count). The highest BCUT2D eigenvalue weighted by atomic mass is 16.5. The van der Waals surface area contributed by atoms with Crippen LogP contribution in [-0.2, 0) is 9.59 Å². The van der Waals surface area contributed by atoms with Crippen molar-refractivity contribution >= 4 is 17.6 Å². The zero-order valence-electron chi connectivity index (χ0n) is 17.6. The van der Waals surface area contributed by atoms with Crippen molar-refractivity contribution in [1.82, 2.24) is 20.6 Å². The average Bonchev–Trinajstić information content (AvgIpc) is 3.25. The number of nitrogens with two attached hydrogens (primary N) is 2. The number of nitrogens with zero attached hydrogens (tertiary/aromatic N) is 3. The number of H-pyrrole nitrogens is 1. The van der Waals surface area contributed by atoms with Crippen molar-refractivity contribution in [1.29, 1.82) is 0 Å². The van der Waals surface area contributed by atoms with Crippen molar-refractivity contribution in [3.63, 3.8) is 0 Å². The second-order valence-corrected chi connectivity index (χ2v) is 8.43. The molecule has 0 bridgehead atoms. The van der Waals surface area contributed by atoms with Crippen LogP contribution in [0.5, 0.6) is 5.75 Å². The number of methoxy groups -OCH3 is 1. The zero-order valence-corrected chi connectivity index (χ0v) is 17.6. The summed E-state index contributed by atoms with van der Waals surface area (Å²) in [6.45, 7) is 4.05. The minimum absolute atomic E-state index is 0.0570. The van der Waals surface area contributed by atoms with Gasteiger partial charge in [0.15, 0.2) is 5.78 Å². The van der Waals surface area contributed by atoms with Crippen LogP contribution in [0.2, 0.25) is 0 Å². The highest BCUT2D eigenvalue weighted by molar-refractivity contribution is 6.06. The lowest BCUT2D eigenvalue weighted by atomic mass is 9.68. The van der Waals surface area contributed by atoms with E-state index in [0.29, 0.717) is 41.4 Å². The first kappa shape index (κ1) is 20.6. The fourth-order valence-corrected chi connectivity index (χ4v) is 4.42. The molecule has 2 aliphatic rings. The molecule has 0 saturated carbocycles. The molecule has 1 aromatic heterocycles. The third-order valence-electron chi connectivity index (χ3n) is 5.68. The number of hydrogen-bond acceptors (Lipinski definition) is 8. The predicted octanol–water partition coefficient (Wildman–Crippen LogP) is 1.22. The van der Waals surface area contributed by atoms with Gasteiger partial charge in [-0.25, -0.2) is 10.9 Å². The highest BCUT2D eigenvalue weighted by Gasteiger charge is 2.46. The van der Waals surface area contributed by atoms with E-state index < -0.39 is 11.8 Å². The summed E-state index contributed by atoms with van der Waals surface area (Å²) in [6, 6.07) is 7.24. The number of allylic oxidation sites excluding steroid dienone is 2. The van der Waals surface area contributed by atoms with Crippen LogP contribution < -0.4 is 26.6 Å². The summed E-state index contributed by atoms with van der Waals surface area (Å²) in [5.74, 6) is 5.22. The van der Waals surface area contributed by atoms with Crippen LogP contribution in [-0.4, -0.2) is 34.0 Å². The molecule has 0 fully saturated rings. The maximum absolute atomic E-state index is 13.5. The number of hydrogen-bond donors (Lipinski definition) is 4. The summed E-state index contributed by atoms with van der Waals surface area (Å²) in [5, 5.41) is 6.69. The Morgan fingerprint density at radius 1 is 1.35 bits per heavy atom. The number of carbonyl (C=O) groups is 2. The predicted molar refractivity (Wildman–Crippen MR) is 113 cm³/mol. The summed E-state index contributed by atoms with van der Waals surface area (Å²) >= 11 is 0. The Bertz CT molecular complexity index is 1100. The molecule has 0 spiro atoms. The van der Waals surface area contributed by atoms with Gasteiger partial charge in [0, 0.05) is 23.6 Å². The van der Waals surface area contributed by atoms with Gasteiger partial charge in [-0.2, -0.15) is 10.1 Å². The van der Waals surface area contributed by atoms with E-state index >= 15 is 0 Å². The number of carbonyl (C=O) groups excluding carboxylic acids is 2. The molecule has 162 valence electrons. The average molecular weight is 423 g/mol. The number of amides is 1. The largest absolute Gasteiger partial charge is 0.497 e. The number of ketones is 1. The van der Waals surface area contributed by atoms with Crippen molar-refractivity contribution in [2.45, 2.75) is 32.6 Å². The van der Waals surface area contributed by atoms with Crippen LogP contribution in [0.3, 0.4) is 0 Å². The Labute approximate surface area is 179 Å². The van der Waals surface area contributed by atoms with Gasteiger partial charge in [0.25, 0.3) is 5.91 Å². The third-order valence-corrected chi connectivity index (χ3v) is 5.68. The fourth-order valence-electron chi connectivity index (χ4n) is 4.42. The molecule has 2 aromatic rings. The van der Waals surface area contributed by atoms with Gasteiger partial charge in [-0.05, 0) is 29.5 Å². The SMILES string of the molecule is COc1cccc(C2C(C(=O)NN)=C(N)N(c3ncn[nH]3)C3=C2C(=O)CC(C)(C)C3)c1. The van der Waals surface area contributed by atoms with E-state index in [4.69, 9.17) is 16.3 Å². The van der Waals surface area contributed by atoms with Crippen molar-refractivity contribution in [2.75, 3.05) is 12.0 Å². The van der Waals surface area contributed by atoms with Crippen LogP contribution in [0, 0.1) is 5.41 Å². The third kappa shape index (κ3) is 3.44. The Kier molecular flexibility index (Phi) is 5.02. The van der Waals surface area contributed by atoms with Gasteiger partial charge in [-0.1, -0.05) is 26.0 Å². The molecule has 1 unspecified atom stereocenters. The summed E-state index contributed by atoms with van der Waals surface area (Å²) in [6.07, 6.45) is 2.25. The van der Waals surface area contributed by atoms with Crippen LogP contribution in [0.4, 0.5) is 5.95 Å². The van der Waals surface area contributed by atoms with Gasteiger partial charge in [0.2, 0.25) is 5.95 Å². The first-order valence-electron chi connectivity index (χ1n) is 9.83. The minimum atomic E-state index is -0.698. The molecule has 2 heterocycles. The molecule has 31 heavy (non-hydrogen) atoms. The first-order chi connectivity index (χ1) is 14.8. The lowest BCUT2D eigenvalue weighted by Crippen LogP contribution is -2.46. The van der Waals surface area contributed by atoms with Crippen molar-refractivity contribution < 1.29 is 14.3 Å². The van der Waals surface area contributed by atoms with Gasteiger partial charge in [-0.3, -0.25) is 19.9 Å². The van der Waals surface area contributed by atoms with E-state index in [1.807, 2.05) is 26.0 Å². The van der Waals surface area contributed by atoms with Crippen molar-refractivity contribution in [3.05, 3.63) is 58.8 Å². The van der Waals surface area contributed by atoms with Gasteiger partial charge in [-0.15, -0.1) is 0 Å². The zero-order chi connectivity index (χ0) is 22.3. The number of rotatable bonds is 4. The van der Waals surface area contributed by atoms with E-state index in [1.165, 1.54) is 6.33 Å². The lowest BCUT2D eigenvalue weighted by molar-refractivity contribution is -0.118. The van der Waals surface area contributed by atoms with Gasteiger partial charge in [0.05, 0.1) is 12.7 Å². The molecular formula is C21H25N7O3. The van der Waals surface area contributed by atoms with Crippen molar-refractivity contribution in [3.8, 4) is 5.75 Å². The molecule has 0 radical (unpaired) electrons. The van der Waals surface area contributed by atoms with E-state index in [2.05, 4.69) is 20.6 Å². The molecule has 6 N–H and O–H groups in total. The first-order valence-corrected chi connectivity index (χ1v) is 9.83. The highest BCUT2D eigenvalue weighted by Crippen LogP contribution is 2.50. The molecule has 0 saturated heterocycles.